The molecule has 26 heavy (non-hydrogen) atoms. The number of ether oxygens (including phenoxy) is 1. The zero-order valence-corrected chi connectivity index (χ0v) is 17.7. The Morgan fingerprint density at radius 3 is 2.38 bits per heavy atom. The highest BCUT2D eigenvalue weighted by Crippen LogP contribution is 2.07. The maximum atomic E-state index is 11.4. The van der Waals surface area contributed by atoms with Gasteiger partial charge in [-0.2, -0.15) is 0 Å². The van der Waals surface area contributed by atoms with Crippen molar-refractivity contribution in [2.24, 2.45) is 4.99 Å². The van der Waals surface area contributed by atoms with Gasteiger partial charge in [0.2, 0.25) is 0 Å². The van der Waals surface area contributed by atoms with Crippen LogP contribution in [0.3, 0.4) is 0 Å². The summed E-state index contributed by atoms with van der Waals surface area (Å²) in [4.78, 5) is 15.7. The van der Waals surface area contributed by atoms with E-state index in [1.807, 2.05) is 24.3 Å². The maximum Gasteiger partial charge on any atom is 0.337 e. The third-order valence-corrected chi connectivity index (χ3v) is 4.01. The molecule has 0 fully saturated rings. The second kappa shape index (κ2) is 11.5. The van der Waals surface area contributed by atoms with Crippen LogP contribution in [0.5, 0.6) is 0 Å². The molecule has 2 N–H and O–H groups in total. The zero-order chi connectivity index (χ0) is 18.1. The van der Waals surface area contributed by atoms with Crippen LogP contribution in [0, 0.1) is 6.92 Å². The number of carbonyl (C=O) groups is 1. The van der Waals surface area contributed by atoms with Crippen LogP contribution in [0.2, 0.25) is 0 Å². The molecule has 0 saturated heterocycles. The summed E-state index contributed by atoms with van der Waals surface area (Å²) in [5, 5.41) is 6.63. The lowest BCUT2D eigenvalue weighted by Crippen LogP contribution is -2.38. The Labute approximate surface area is 172 Å². The number of hydrogen-bond acceptors (Lipinski definition) is 3. The van der Waals surface area contributed by atoms with E-state index in [1.165, 1.54) is 18.2 Å². The van der Waals surface area contributed by atoms with Crippen LogP contribution in [0.25, 0.3) is 0 Å². The van der Waals surface area contributed by atoms with Gasteiger partial charge in [0.05, 0.1) is 12.7 Å². The second-order valence-electron chi connectivity index (χ2n) is 5.72. The van der Waals surface area contributed by atoms with Crippen molar-refractivity contribution < 1.29 is 9.53 Å². The third-order valence-electron chi connectivity index (χ3n) is 4.01. The summed E-state index contributed by atoms with van der Waals surface area (Å²) in [6.45, 7) is 3.59. The molecule has 0 aromatic heterocycles. The average Bonchev–Trinajstić information content (AvgIpc) is 2.65. The van der Waals surface area contributed by atoms with Crippen LogP contribution < -0.4 is 10.6 Å². The molecule has 0 atom stereocenters. The minimum atomic E-state index is -0.314. The summed E-state index contributed by atoms with van der Waals surface area (Å²) in [6, 6.07) is 15.7. The monoisotopic (exact) mass is 467 g/mol. The van der Waals surface area contributed by atoms with Gasteiger partial charge in [-0.1, -0.05) is 36.4 Å². The van der Waals surface area contributed by atoms with Crippen LogP contribution >= 0.6 is 24.0 Å². The summed E-state index contributed by atoms with van der Waals surface area (Å²) in [5.74, 6) is 0.458. The van der Waals surface area contributed by atoms with Gasteiger partial charge < -0.3 is 15.4 Å². The van der Waals surface area contributed by atoms with E-state index in [0.717, 1.165) is 31.0 Å². The summed E-state index contributed by atoms with van der Waals surface area (Å²) in [7, 11) is 3.15. The first-order chi connectivity index (χ1) is 12.1. The van der Waals surface area contributed by atoms with Gasteiger partial charge in [0.1, 0.15) is 0 Å². The molecule has 0 radical (unpaired) electrons. The number of nitrogens with zero attached hydrogens (tertiary/aromatic N) is 1. The molecule has 5 nitrogen and oxygen atoms in total. The SMILES string of the molecule is CN=C(NCCc1ccc(C(=O)OC)cc1)NCc1ccccc1C.I. The number of aryl methyl sites for hydroxylation is 1. The van der Waals surface area contributed by atoms with Gasteiger partial charge in [-0.05, 0) is 42.2 Å². The number of benzene rings is 2. The van der Waals surface area contributed by atoms with Crippen molar-refractivity contribution in [3.63, 3.8) is 0 Å². The Morgan fingerprint density at radius 1 is 1.08 bits per heavy atom. The van der Waals surface area contributed by atoms with Crippen LogP contribution in [0.4, 0.5) is 0 Å². The third kappa shape index (κ3) is 6.67. The molecule has 0 aliphatic rings. The molecule has 0 spiro atoms. The van der Waals surface area contributed by atoms with E-state index in [4.69, 9.17) is 4.74 Å². The van der Waals surface area contributed by atoms with E-state index in [0.29, 0.717) is 5.56 Å². The first-order valence-electron chi connectivity index (χ1n) is 8.30. The van der Waals surface area contributed by atoms with Crippen molar-refractivity contribution in [2.45, 2.75) is 19.9 Å². The van der Waals surface area contributed by atoms with Crippen molar-refractivity contribution >= 4 is 35.9 Å². The number of carbonyl (C=O) groups excluding carboxylic acids is 1. The van der Waals surface area contributed by atoms with Gasteiger partial charge in [-0.3, -0.25) is 4.99 Å². The fraction of sp³-hybridized carbons (Fsp3) is 0.300. The zero-order valence-electron chi connectivity index (χ0n) is 15.4. The van der Waals surface area contributed by atoms with E-state index in [-0.39, 0.29) is 29.9 Å². The predicted octanol–water partition coefficient (Wildman–Crippen LogP) is 3.31. The number of nitrogens with one attached hydrogen (secondary N) is 2. The summed E-state index contributed by atoms with van der Waals surface area (Å²) < 4.78 is 4.70. The van der Waals surface area contributed by atoms with Gasteiger partial charge in [0, 0.05) is 20.1 Å². The molecule has 0 aliphatic carbocycles. The number of esters is 1. The lowest BCUT2D eigenvalue weighted by Gasteiger charge is -2.13. The normalized spacial score (nSPS) is 10.7. The summed E-state index contributed by atoms with van der Waals surface area (Å²) in [5.41, 5.74) is 4.23. The quantitative estimate of drug-likeness (QED) is 0.296. The summed E-state index contributed by atoms with van der Waals surface area (Å²) >= 11 is 0. The standard InChI is InChI=1S/C20H25N3O2.HI/c1-15-6-4-5-7-18(15)14-23-20(21-2)22-13-12-16-8-10-17(11-9-16)19(24)25-3;/h4-11H,12-14H2,1-3H3,(H2,21,22,23);1H. The van der Waals surface area contributed by atoms with Crippen molar-refractivity contribution in [1.82, 2.24) is 10.6 Å². The largest absolute Gasteiger partial charge is 0.465 e. The van der Waals surface area contributed by atoms with Gasteiger partial charge in [0.25, 0.3) is 0 Å². The van der Waals surface area contributed by atoms with Gasteiger partial charge in [0.15, 0.2) is 5.96 Å². The molecule has 140 valence electrons. The minimum absolute atomic E-state index is 0. The van der Waals surface area contributed by atoms with Crippen molar-refractivity contribution in [3.8, 4) is 0 Å². The number of rotatable bonds is 6. The van der Waals surface area contributed by atoms with E-state index in [2.05, 4.69) is 34.7 Å². The number of hydrogen-bond donors (Lipinski definition) is 2. The van der Waals surface area contributed by atoms with Crippen LogP contribution in [-0.4, -0.2) is 32.6 Å². The van der Waals surface area contributed by atoms with Crippen molar-refractivity contribution in [2.75, 3.05) is 20.7 Å². The molecule has 0 amide bonds. The Balaban J connectivity index is 0.00000338. The van der Waals surface area contributed by atoms with E-state index >= 15 is 0 Å². The molecular formula is C20H26IN3O2. The highest BCUT2D eigenvalue weighted by Gasteiger charge is 2.04. The number of halogens is 1. The first-order valence-corrected chi connectivity index (χ1v) is 8.30. The van der Waals surface area contributed by atoms with Crippen LogP contribution in [0.15, 0.2) is 53.5 Å². The Hall–Kier alpha value is -2.09. The fourth-order valence-corrected chi connectivity index (χ4v) is 2.46. The van der Waals surface area contributed by atoms with Gasteiger partial charge in [-0.25, -0.2) is 4.79 Å². The molecular weight excluding hydrogens is 441 g/mol. The molecule has 6 heteroatoms. The number of methoxy groups -OCH3 is 1. The molecule has 2 aromatic rings. The highest BCUT2D eigenvalue weighted by molar-refractivity contribution is 14.0. The maximum absolute atomic E-state index is 11.4. The van der Waals surface area contributed by atoms with Gasteiger partial charge >= 0.3 is 5.97 Å². The molecule has 2 aromatic carbocycles. The highest BCUT2D eigenvalue weighted by atomic mass is 127. The summed E-state index contributed by atoms with van der Waals surface area (Å²) in [6.07, 6.45) is 0.840. The van der Waals surface area contributed by atoms with Crippen LogP contribution in [-0.2, 0) is 17.7 Å². The van der Waals surface area contributed by atoms with Crippen molar-refractivity contribution in [3.05, 3.63) is 70.8 Å². The van der Waals surface area contributed by atoms with E-state index < -0.39 is 0 Å². The van der Waals surface area contributed by atoms with E-state index in [1.54, 1.807) is 19.2 Å². The van der Waals surface area contributed by atoms with E-state index in [9.17, 15) is 4.79 Å². The topological polar surface area (TPSA) is 62.7 Å². The molecule has 2 rings (SSSR count). The molecule has 0 saturated carbocycles. The van der Waals surface area contributed by atoms with Gasteiger partial charge in [-0.15, -0.1) is 24.0 Å². The smallest absolute Gasteiger partial charge is 0.337 e. The molecule has 0 bridgehead atoms. The predicted molar refractivity (Wildman–Crippen MR) is 116 cm³/mol. The Kier molecular flexibility index (Phi) is 9.72. The lowest BCUT2D eigenvalue weighted by atomic mass is 10.1. The average molecular weight is 467 g/mol. The molecule has 0 aliphatic heterocycles. The molecule has 0 heterocycles. The van der Waals surface area contributed by atoms with Crippen molar-refractivity contribution in [1.29, 1.82) is 0 Å². The first kappa shape index (κ1) is 22.0. The number of aliphatic imine (C=N–C) groups is 1. The Bertz CT molecular complexity index is 730. The molecule has 0 unspecified atom stereocenters. The number of guanidine groups is 1. The lowest BCUT2D eigenvalue weighted by molar-refractivity contribution is 0.0600. The Morgan fingerprint density at radius 2 is 1.77 bits per heavy atom. The van der Waals surface area contributed by atoms with Crippen LogP contribution in [0.1, 0.15) is 27.0 Å². The fourth-order valence-electron chi connectivity index (χ4n) is 2.46. The minimum Gasteiger partial charge on any atom is -0.465 e. The second-order valence-corrected chi connectivity index (χ2v) is 5.72.